The molecule has 0 amide bonds. The number of ether oxygens (including phenoxy) is 2. The minimum atomic E-state index is -1.14. The molecule has 0 heterocycles. The molecule has 0 aliphatic rings. The molecular formula is C26H28O5. The molecule has 2 N–H and O–H groups in total. The number of carboxylic acids is 1. The predicted molar refractivity (Wildman–Crippen MR) is 120 cm³/mol. The second-order valence-electron chi connectivity index (χ2n) is 7.99. The zero-order chi connectivity index (χ0) is 22.4. The summed E-state index contributed by atoms with van der Waals surface area (Å²) in [6.07, 6.45) is 1.84. The molecule has 0 aliphatic heterocycles. The molecule has 0 aromatic heterocycles. The van der Waals surface area contributed by atoms with Crippen molar-refractivity contribution in [3.63, 3.8) is 0 Å². The van der Waals surface area contributed by atoms with Gasteiger partial charge in [-0.1, -0.05) is 44.2 Å². The van der Waals surface area contributed by atoms with Gasteiger partial charge >= 0.3 is 5.97 Å². The maximum atomic E-state index is 11.3. The summed E-state index contributed by atoms with van der Waals surface area (Å²) in [6, 6.07) is 20.6. The third-order valence-corrected chi connectivity index (χ3v) is 5.56. The summed E-state index contributed by atoms with van der Waals surface area (Å²) in [5.74, 6) is 0.277. The van der Waals surface area contributed by atoms with Gasteiger partial charge < -0.3 is 19.7 Å². The Morgan fingerprint density at radius 3 is 2.13 bits per heavy atom. The molecule has 0 saturated carbocycles. The van der Waals surface area contributed by atoms with Crippen LogP contribution in [0, 0.1) is 0 Å². The lowest BCUT2D eigenvalue weighted by Gasteiger charge is -2.27. The number of methoxy groups -OCH3 is 1. The molecule has 5 nitrogen and oxygen atoms in total. The first-order valence-electron chi connectivity index (χ1n) is 10.2. The molecule has 0 spiro atoms. The van der Waals surface area contributed by atoms with Gasteiger partial charge in [0.2, 0.25) is 0 Å². The SMILES string of the molecule is COc1ccc(CCCOc2ccc(C(C)(C)c3ccc(O)c(C(=O)O)c3)cc2)cc1. The van der Waals surface area contributed by atoms with Crippen molar-refractivity contribution < 1.29 is 24.5 Å². The number of aryl methyl sites for hydroxylation is 1. The summed E-state index contributed by atoms with van der Waals surface area (Å²) in [7, 11) is 1.66. The molecule has 31 heavy (non-hydrogen) atoms. The zero-order valence-corrected chi connectivity index (χ0v) is 18.1. The highest BCUT2D eigenvalue weighted by Gasteiger charge is 2.25. The van der Waals surface area contributed by atoms with Crippen LogP contribution < -0.4 is 9.47 Å². The fraction of sp³-hybridized carbons (Fsp3) is 0.269. The van der Waals surface area contributed by atoms with Crippen LogP contribution >= 0.6 is 0 Å². The molecule has 0 fully saturated rings. The summed E-state index contributed by atoms with van der Waals surface area (Å²) in [6.45, 7) is 4.67. The molecule has 3 aromatic carbocycles. The standard InChI is InChI=1S/C26H28O5/c1-26(2,20-10-15-24(27)23(17-20)25(28)29)19-8-13-22(14-9-19)31-16-4-5-18-6-11-21(30-3)12-7-18/h6-15,17,27H,4-5,16H2,1-3H3,(H,28,29). The number of hydrogen-bond donors (Lipinski definition) is 2. The van der Waals surface area contributed by atoms with Gasteiger partial charge in [0.15, 0.2) is 0 Å². The molecule has 162 valence electrons. The number of carboxylic acid groups (broad SMARTS) is 1. The Morgan fingerprint density at radius 1 is 0.903 bits per heavy atom. The Labute approximate surface area is 182 Å². The first kappa shape index (κ1) is 22.2. The topological polar surface area (TPSA) is 76.0 Å². The fourth-order valence-electron chi connectivity index (χ4n) is 3.49. The summed E-state index contributed by atoms with van der Waals surface area (Å²) < 4.78 is 11.1. The first-order valence-corrected chi connectivity index (χ1v) is 10.2. The van der Waals surface area contributed by atoms with Crippen molar-refractivity contribution in [3.05, 3.63) is 89.0 Å². The van der Waals surface area contributed by atoms with E-state index < -0.39 is 11.4 Å². The molecule has 0 aliphatic carbocycles. The van der Waals surface area contributed by atoms with E-state index in [4.69, 9.17) is 9.47 Å². The van der Waals surface area contributed by atoms with E-state index in [-0.39, 0.29) is 11.3 Å². The van der Waals surface area contributed by atoms with Gasteiger partial charge in [-0.2, -0.15) is 0 Å². The molecule has 3 aromatic rings. The van der Waals surface area contributed by atoms with Gasteiger partial charge in [0.25, 0.3) is 0 Å². The van der Waals surface area contributed by atoms with Crippen LogP contribution in [-0.2, 0) is 11.8 Å². The lowest BCUT2D eigenvalue weighted by atomic mass is 9.77. The smallest absolute Gasteiger partial charge is 0.339 e. The molecule has 0 radical (unpaired) electrons. The van der Waals surface area contributed by atoms with E-state index in [0.29, 0.717) is 6.61 Å². The van der Waals surface area contributed by atoms with Crippen molar-refractivity contribution >= 4 is 5.97 Å². The average Bonchev–Trinajstić information content (AvgIpc) is 2.77. The molecule has 0 unspecified atom stereocenters. The lowest BCUT2D eigenvalue weighted by molar-refractivity contribution is 0.0693. The van der Waals surface area contributed by atoms with E-state index in [1.54, 1.807) is 13.2 Å². The maximum absolute atomic E-state index is 11.3. The van der Waals surface area contributed by atoms with Crippen LogP contribution in [0.2, 0.25) is 0 Å². The van der Waals surface area contributed by atoms with Crippen molar-refractivity contribution in [1.29, 1.82) is 0 Å². The summed E-state index contributed by atoms with van der Waals surface area (Å²) in [5.41, 5.74) is 2.57. The van der Waals surface area contributed by atoms with Crippen LogP contribution in [0.25, 0.3) is 0 Å². The Kier molecular flexibility index (Phi) is 6.85. The van der Waals surface area contributed by atoms with E-state index in [0.717, 1.165) is 35.5 Å². The van der Waals surface area contributed by atoms with Gasteiger partial charge in [0.1, 0.15) is 22.8 Å². The minimum absolute atomic E-state index is 0.0950. The van der Waals surface area contributed by atoms with E-state index in [1.165, 1.54) is 17.7 Å². The second kappa shape index (κ2) is 9.56. The Morgan fingerprint density at radius 2 is 1.52 bits per heavy atom. The van der Waals surface area contributed by atoms with Crippen LogP contribution in [0.1, 0.15) is 47.3 Å². The summed E-state index contributed by atoms with van der Waals surface area (Å²) in [5, 5.41) is 19.1. The van der Waals surface area contributed by atoms with Crippen molar-refractivity contribution in [2.45, 2.75) is 32.1 Å². The van der Waals surface area contributed by atoms with E-state index >= 15 is 0 Å². The predicted octanol–water partition coefficient (Wildman–Crippen LogP) is 5.44. The number of hydrogen-bond acceptors (Lipinski definition) is 4. The van der Waals surface area contributed by atoms with Crippen LogP contribution in [0.3, 0.4) is 0 Å². The molecular weight excluding hydrogens is 392 g/mol. The van der Waals surface area contributed by atoms with Gasteiger partial charge in [-0.3, -0.25) is 0 Å². The number of aromatic hydroxyl groups is 1. The Hall–Kier alpha value is -3.47. The number of phenols is 1. The van der Waals surface area contributed by atoms with Crippen LogP contribution in [0.15, 0.2) is 66.7 Å². The highest BCUT2D eigenvalue weighted by atomic mass is 16.5. The molecule has 5 heteroatoms. The van der Waals surface area contributed by atoms with Crippen molar-refractivity contribution in [2.75, 3.05) is 13.7 Å². The Balaban J connectivity index is 1.60. The quantitative estimate of drug-likeness (QED) is 0.451. The number of aromatic carboxylic acids is 1. The third kappa shape index (κ3) is 5.37. The normalized spacial score (nSPS) is 11.2. The van der Waals surface area contributed by atoms with Gasteiger partial charge in [-0.25, -0.2) is 4.79 Å². The van der Waals surface area contributed by atoms with Crippen LogP contribution in [-0.4, -0.2) is 29.9 Å². The van der Waals surface area contributed by atoms with E-state index in [2.05, 4.69) is 12.1 Å². The van der Waals surface area contributed by atoms with Gasteiger partial charge in [-0.15, -0.1) is 0 Å². The van der Waals surface area contributed by atoms with E-state index in [9.17, 15) is 15.0 Å². The molecule has 0 atom stereocenters. The fourth-order valence-corrected chi connectivity index (χ4v) is 3.49. The molecule has 0 saturated heterocycles. The van der Waals surface area contributed by atoms with Crippen LogP contribution in [0.5, 0.6) is 17.2 Å². The summed E-state index contributed by atoms with van der Waals surface area (Å²) in [4.78, 5) is 11.3. The second-order valence-corrected chi connectivity index (χ2v) is 7.99. The molecule has 3 rings (SSSR count). The highest BCUT2D eigenvalue weighted by molar-refractivity contribution is 5.91. The maximum Gasteiger partial charge on any atom is 0.339 e. The minimum Gasteiger partial charge on any atom is -0.507 e. The van der Waals surface area contributed by atoms with Gasteiger partial charge in [0, 0.05) is 5.41 Å². The van der Waals surface area contributed by atoms with E-state index in [1.807, 2.05) is 50.2 Å². The van der Waals surface area contributed by atoms with Crippen molar-refractivity contribution in [3.8, 4) is 17.2 Å². The number of carbonyl (C=O) groups is 1. The molecule has 0 bridgehead atoms. The third-order valence-electron chi connectivity index (χ3n) is 5.56. The Bertz CT molecular complexity index is 1020. The highest BCUT2D eigenvalue weighted by Crippen LogP contribution is 2.34. The largest absolute Gasteiger partial charge is 0.507 e. The number of rotatable bonds is 9. The average molecular weight is 421 g/mol. The van der Waals surface area contributed by atoms with Gasteiger partial charge in [0.05, 0.1) is 13.7 Å². The van der Waals surface area contributed by atoms with Crippen molar-refractivity contribution in [2.24, 2.45) is 0 Å². The van der Waals surface area contributed by atoms with Crippen molar-refractivity contribution in [1.82, 2.24) is 0 Å². The first-order chi connectivity index (χ1) is 14.8. The van der Waals surface area contributed by atoms with Gasteiger partial charge in [-0.05, 0) is 65.9 Å². The number of benzene rings is 3. The van der Waals surface area contributed by atoms with Crippen LogP contribution in [0.4, 0.5) is 0 Å². The summed E-state index contributed by atoms with van der Waals surface area (Å²) >= 11 is 0. The monoisotopic (exact) mass is 420 g/mol. The zero-order valence-electron chi connectivity index (χ0n) is 18.1. The lowest BCUT2D eigenvalue weighted by Crippen LogP contribution is -2.19.